The molecule has 0 saturated heterocycles. The van der Waals surface area contributed by atoms with Crippen molar-refractivity contribution in [2.24, 2.45) is 0 Å². The van der Waals surface area contributed by atoms with Crippen molar-refractivity contribution in [1.29, 1.82) is 0 Å². The first-order chi connectivity index (χ1) is 9.48. The number of aliphatic carboxylic acids is 1. The number of hydrogen-bond donors (Lipinski definition) is 2. The number of alkyl halides is 6. The van der Waals surface area contributed by atoms with Crippen LogP contribution in [0.3, 0.4) is 0 Å². The Bertz CT molecular complexity index is 707. The number of carboxylic acids is 1. The molecule has 0 fully saturated rings. The van der Waals surface area contributed by atoms with E-state index in [2.05, 4.69) is 9.97 Å². The third kappa shape index (κ3) is 3.75. The molecule has 11 heteroatoms. The number of H-pyrrole nitrogens is 1. The topological polar surface area (TPSA) is 66.0 Å². The second kappa shape index (κ2) is 5.85. The Balaban J connectivity index is 0.00000242. The number of nitrogens with zero attached hydrogens (tertiary/aromatic N) is 1. The monoisotopic (exact) mass is 320 g/mol. The molecule has 0 amide bonds. The Kier molecular flexibility index (Phi) is 4.89. The van der Waals surface area contributed by atoms with Crippen molar-refractivity contribution in [2.75, 3.05) is 0 Å². The number of rotatable bonds is 2. The second-order valence-corrected chi connectivity index (χ2v) is 4.17. The van der Waals surface area contributed by atoms with E-state index in [4.69, 9.17) is 5.11 Å². The van der Waals surface area contributed by atoms with Crippen molar-refractivity contribution in [3.63, 3.8) is 0 Å². The van der Waals surface area contributed by atoms with E-state index in [0.29, 0.717) is 6.07 Å². The first-order valence-electron chi connectivity index (χ1n) is 5.37. The van der Waals surface area contributed by atoms with E-state index in [1.54, 1.807) is 0 Å². The average Bonchev–Trinajstić information content (AvgIpc) is 2.65. The van der Waals surface area contributed by atoms with Gasteiger partial charge in [-0.3, -0.25) is 4.79 Å². The van der Waals surface area contributed by atoms with Crippen LogP contribution >= 0.6 is 0 Å². The van der Waals surface area contributed by atoms with Gasteiger partial charge in [0.1, 0.15) is 12.2 Å². The Labute approximate surface area is 130 Å². The van der Waals surface area contributed by atoms with Gasteiger partial charge in [0.05, 0.1) is 22.2 Å². The van der Waals surface area contributed by atoms with Crippen molar-refractivity contribution >= 4 is 35.9 Å². The Morgan fingerprint density at radius 3 is 2.18 bits per heavy atom. The summed E-state index contributed by atoms with van der Waals surface area (Å²) in [6.45, 7) is 0. The van der Waals surface area contributed by atoms with Crippen LogP contribution in [0.15, 0.2) is 12.1 Å². The van der Waals surface area contributed by atoms with E-state index in [-0.39, 0.29) is 30.8 Å². The molecule has 1 heterocycles. The normalized spacial score (nSPS) is 12.3. The van der Waals surface area contributed by atoms with Crippen LogP contribution in [0.25, 0.3) is 11.0 Å². The molecule has 1 aromatic carbocycles. The van der Waals surface area contributed by atoms with Crippen molar-refractivity contribution < 1.29 is 36.2 Å². The molecular formula is C11H7F6LiN2O2. The molecule has 0 unspecified atom stereocenters. The number of hydrogen-bond acceptors (Lipinski definition) is 2. The van der Waals surface area contributed by atoms with Crippen molar-refractivity contribution in [3.8, 4) is 0 Å². The maximum absolute atomic E-state index is 12.8. The number of aromatic nitrogens is 2. The van der Waals surface area contributed by atoms with Crippen LogP contribution in [0, 0.1) is 0 Å². The van der Waals surface area contributed by atoms with Crippen LogP contribution < -0.4 is 0 Å². The van der Waals surface area contributed by atoms with Crippen LogP contribution in [-0.2, 0) is 23.6 Å². The second-order valence-electron chi connectivity index (χ2n) is 4.17. The van der Waals surface area contributed by atoms with E-state index >= 15 is 0 Å². The molecule has 0 spiro atoms. The summed E-state index contributed by atoms with van der Waals surface area (Å²) < 4.78 is 76.3. The van der Waals surface area contributed by atoms with Crippen molar-refractivity contribution in [1.82, 2.24) is 9.97 Å². The average molecular weight is 320 g/mol. The molecule has 2 N–H and O–H groups in total. The molecule has 1 aromatic heterocycles. The van der Waals surface area contributed by atoms with E-state index < -0.39 is 46.9 Å². The van der Waals surface area contributed by atoms with Crippen LogP contribution in [0.4, 0.5) is 26.3 Å². The van der Waals surface area contributed by atoms with Gasteiger partial charge in [-0.1, -0.05) is 0 Å². The molecule has 0 aliphatic rings. The SMILES string of the molecule is O=C(O)Cc1nc2cc(C(F)(F)F)cc(C(F)(F)F)c2[nH]1.[LiH]. The fourth-order valence-corrected chi connectivity index (χ4v) is 1.78. The minimum absolute atomic E-state index is 0. The number of nitrogens with one attached hydrogen (secondary N) is 1. The molecule has 0 aliphatic carbocycles. The molecule has 4 nitrogen and oxygen atoms in total. The van der Waals surface area contributed by atoms with Gasteiger partial charge in [-0.15, -0.1) is 0 Å². The maximum atomic E-state index is 12.8. The molecule has 116 valence electrons. The standard InChI is InChI=1S/C11H6F6N2O2.Li.H/c12-10(13,14)4-1-5(11(15,16)17)9-6(2-4)18-7(19-9)3-8(20)21;;/h1-2H,3H2,(H,18,19)(H,20,21);;. The third-order valence-electron chi connectivity index (χ3n) is 2.59. The van der Waals surface area contributed by atoms with Crippen LogP contribution in [0.5, 0.6) is 0 Å². The Hall–Kier alpha value is -1.66. The summed E-state index contributed by atoms with van der Waals surface area (Å²) in [5, 5.41) is 8.54. The molecule has 0 aliphatic heterocycles. The number of carbonyl (C=O) groups is 1. The third-order valence-corrected chi connectivity index (χ3v) is 2.59. The summed E-state index contributed by atoms with van der Waals surface area (Å²) in [5.41, 5.74) is -4.31. The number of fused-ring (bicyclic) bond motifs is 1. The predicted octanol–water partition coefficient (Wildman–Crippen LogP) is 2.58. The van der Waals surface area contributed by atoms with Gasteiger partial charge >= 0.3 is 37.2 Å². The van der Waals surface area contributed by atoms with Crippen LogP contribution in [-0.4, -0.2) is 39.9 Å². The van der Waals surface area contributed by atoms with Crippen LogP contribution in [0.1, 0.15) is 17.0 Å². The Morgan fingerprint density at radius 1 is 1.14 bits per heavy atom. The fraction of sp³-hybridized carbons (Fsp3) is 0.273. The van der Waals surface area contributed by atoms with Crippen molar-refractivity contribution in [3.05, 3.63) is 29.1 Å². The van der Waals surface area contributed by atoms with Gasteiger partial charge in [0.2, 0.25) is 0 Å². The zero-order valence-corrected chi connectivity index (χ0v) is 9.93. The first kappa shape index (κ1) is 18.4. The van der Waals surface area contributed by atoms with Crippen molar-refractivity contribution in [2.45, 2.75) is 18.8 Å². The zero-order chi connectivity index (χ0) is 16.0. The van der Waals surface area contributed by atoms with Gasteiger partial charge < -0.3 is 10.1 Å². The molecule has 0 saturated carbocycles. The molecule has 2 rings (SSSR count). The summed E-state index contributed by atoms with van der Waals surface area (Å²) in [7, 11) is 0. The summed E-state index contributed by atoms with van der Waals surface area (Å²) >= 11 is 0. The number of halogens is 6. The van der Waals surface area contributed by atoms with E-state index in [1.807, 2.05) is 0 Å². The number of imidazole rings is 1. The van der Waals surface area contributed by atoms with E-state index in [9.17, 15) is 31.1 Å². The fourth-order valence-electron chi connectivity index (χ4n) is 1.78. The van der Waals surface area contributed by atoms with Gasteiger partial charge in [0.15, 0.2) is 0 Å². The quantitative estimate of drug-likeness (QED) is 0.660. The van der Waals surface area contributed by atoms with Gasteiger partial charge in [0.25, 0.3) is 0 Å². The summed E-state index contributed by atoms with van der Waals surface area (Å²) in [5.74, 6) is -1.74. The van der Waals surface area contributed by atoms with Crippen LogP contribution in [0.2, 0.25) is 0 Å². The van der Waals surface area contributed by atoms with E-state index in [1.165, 1.54) is 0 Å². The molecule has 0 bridgehead atoms. The predicted molar refractivity (Wildman–Crippen MR) is 64.6 cm³/mol. The summed E-state index contributed by atoms with van der Waals surface area (Å²) in [6, 6.07) is 0.400. The Morgan fingerprint density at radius 2 is 1.73 bits per heavy atom. The summed E-state index contributed by atoms with van der Waals surface area (Å²) in [6.07, 6.45) is -10.7. The van der Waals surface area contributed by atoms with Gasteiger partial charge in [-0.25, -0.2) is 4.98 Å². The zero-order valence-electron chi connectivity index (χ0n) is 9.93. The van der Waals surface area contributed by atoms with Gasteiger partial charge in [-0.2, -0.15) is 26.3 Å². The molecule has 0 atom stereocenters. The number of carboxylic acid groups (broad SMARTS) is 1. The van der Waals surface area contributed by atoms with Gasteiger partial charge in [-0.05, 0) is 12.1 Å². The van der Waals surface area contributed by atoms with E-state index in [0.717, 1.165) is 0 Å². The molecular weight excluding hydrogens is 313 g/mol. The van der Waals surface area contributed by atoms with Gasteiger partial charge in [0, 0.05) is 0 Å². The first-order valence-corrected chi connectivity index (χ1v) is 5.37. The molecule has 2 aromatic rings. The molecule has 22 heavy (non-hydrogen) atoms. The summed E-state index contributed by atoms with van der Waals surface area (Å²) in [4.78, 5) is 16.1. The molecule has 0 radical (unpaired) electrons. The minimum atomic E-state index is -5.04. The number of aromatic amines is 1. The number of benzene rings is 1.